The Morgan fingerprint density at radius 1 is 0.800 bits per heavy atom. The summed E-state index contributed by atoms with van der Waals surface area (Å²) in [6, 6.07) is 33.7. The Balaban J connectivity index is 1.52. The molecule has 0 radical (unpaired) electrons. The number of thioether (sulfide) groups is 1. The van der Waals surface area contributed by atoms with Crippen LogP contribution in [0.4, 0.5) is 5.69 Å². The molecule has 4 nitrogen and oxygen atoms in total. The minimum absolute atomic E-state index is 0.114. The van der Waals surface area contributed by atoms with Gasteiger partial charge in [-0.2, -0.15) is 0 Å². The third-order valence-electron chi connectivity index (χ3n) is 5.03. The summed E-state index contributed by atoms with van der Waals surface area (Å²) in [7, 11) is 0. The van der Waals surface area contributed by atoms with Crippen LogP contribution in [0.2, 0.25) is 5.02 Å². The van der Waals surface area contributed by atoms with Crippen LogP contribution in [-0.4, -0.2) is 11.8 Å². The molecule has 35 heavy (non-hydrogen) atoms. The van der Waals surface area contributed by atoms with Gasteiger partial charge in [-0.1, -0.05) is 78.3 Å². The summed E-state index contributed by atoms with van der Waals surface area (Å²) in [4.78, 5) is 27.0. The van der Waals surface area contributed by atoms with Crippen molar-refractivity contribution >= 4 is 46.9 Å². The number of nitrogens with one attached hydrogen (secondary N) is 2. The molecule has 0 aromatic heterocycles. The highest BCUT2D eigenvalue weighted by molar-refractivity contribution is 7.98. The predicted molar refractivity (Wildman–Crippen MR) is 144 cm³/mol. The zero-order valence-corrected chi connectivity index (χ0v) is 20.4. The van der Waals surface area contributed by atoms with Gasteiger partial charge < -0.3 is 10.6 Å². The molecular formula is C29H23ClN2O2S. The zero-order chi connectivity index (χ0) is 24.5. The van der Waals surface area contributed by atoms with Crippen LogP contribution in [-0.2, 0) is 10.5 Å². The molecule has 2 N–H and O–H groups in total. The summed E-state index contributed by atoms with van der Waals surface area (Å²) in [6.45, 7) is 0. The molecule has 4 aromatic carbocycles. The first kappa shape index (κ1) is 24.3. The van der Waals surface area contributed by atoms with Gasteiger partial charge in [-0.25, -0.2) is 0 Å². The van der Waals surface area contributed by atoms with Crippen LogP contribution in [0.5, 0.6) is 0 Å². The lowest BCUT2D eigenvalue weighted by Crippen LogP contribution is -2.30. The number of anilines is 1. The van der Waals surface area contributed by atoms with Crippen LogP contribution in [0.3, 0.4) is 0 Å². The number of hydrogen-bond donors (Lipinski definition) is 2. The van der Waals surface area contributed by atoms with Gasteiger partial charge in [0.1, 0.15) is 5.70 Å². The average molecular weight is 499 g/mol. The van der Waals surface area contributed by atoms with E-state index in [0.29, 0.717) is 21.8 Å². The molecule has 0 heterocycles. The quantitative estimate of drug-likeness (QED) is 0.202. The number of halogens is 1. The highest BCUT2D eigenvalue weighted by Crippen LogP contribution is 2.25. The van der Waals surface area contributed by atoms with Crippen molar-refractivity contribution < 1.29 is 9.59 Å². The summed E-state index contributed by atoms with van der Waals surface area (Å²) < 4.78 is 0. The smallest absolute Gasteiger partial charge is 0.272 e. The van der Waals surface area contributed by atoms with Gasteiger partial charge in [-0.05, 0) is 59.7 Å². The summed E-state index contributed by atoms with van der Waals surface area (Å²) in [5, 5.41) is 6.19. The van der Waals surface area contributed by atoms with Crippen LogP contribution in [0.1, 0.15) is 21.5 Å². The van der Waals surface area contributed by atoms with E-state index in [-0.39, 0.29) is 11.6 Å². The van der Waals surface area contributed by atoms with Crippen molar-refractivity contribution in [2.24, 2.45) is 0 Å². The van der Waals surface area contributed by atoms with Crippen LogP contribution in [0.25, 0.3) is 6.08 Å². The average Bonchev–Trinajstić information content (AvgIpc) is 2.88. The Bertz CT molecular complexity index is 1340. The number of carbonyl (C=O) groups is 2. The van der Waals surface area contributed by atoms with Crippen molar-refractivity contribution in [1.82, 2.24) is 5.32 Å². The van der Waals surface area contributed by atoms with Crippen molar-refractivity contribution in [3.63, 3.8) is 0 Å². The normalized spacial score (nSPS) is 11.1. The van der Waals surface area contributed by atoms with Gasteiger partial charge in [-0.15, -0.1) is 11.8 Å². The first-order chi connectivity index (χ1) is 17.1. The molecule has 4 rings (SSSR count). The van der Waals surface area contributed by atoms with Gasteiger partial charge in [0.25, 0.3) is 11.8 Å². The molecule has 0 unspecified atom stereocenters. The van der Waals surface area contributed by atoms with Crippen molar-refractivity contribution in [2.45, 2.75) is 10.6 Å². The molecule has 0 aliphatic rings. The van der Waals surface area contributed by atoms with Gasteiger partial charge in [0, 0.05) is 26.9 Å². The molecule has 0 bridgehead atoms. The minimum atomic E-state index is -0.431. The second-order valence-corrected chi connectivity index (χ2v) is 9.17. The summed E-state index contributed by atoms with van der Waals surface area (Å²) in [5.74, 6) is 0.0198. The van der Waals surface area contributed by atoms with Crippen molar-refractivity contribution in [3.8, 4) is 0 Å². The molecule has 0 spiro atoms. The van der Waals surface area contributed by atoms with Crippen LogP contribution >= 0.6 is 23.4 Å². The third-order valence-corrected chi connectivity index (χ3v) is 6.33. The number of amides is 2. The number of benzene rings is 4. The molecule has 0 fully saturated rings. The van der Waals surface area contributed by atoms with Gasteiger partial charge in [0.15, 0.2) is 0 Å². The monoisotopic (exact) mass is 498 g/mol. The largest absolute Gasteiger partial charge is 0.321 e. The van der Waals surface area contributed by atoms with Gasteiger partial charge in [0.2, 0.25) is 0 Å². The zero-order valence-electron chi connectivity index (χ0n) is 18.8. The molecule has 6 heteroatoms. The standard InChI is InChI=1S/C29H23ClN2O2S/c30-24-14-7-11-22(17-24)18-27(32-28(33)23-12-5-2-6-13-23)29(34)31-25-15-8-16-26(19-25)35-20-21-9-3-1-4-10-21/h1-19H,20H2,(H,31,34)(H,32,33)/b27-18-. The number of hydrogen-bond acceptors (Lipinski definition) is 3. The molecule has 0 aliphatic carbocycles. The summed E-state index contributed by atoms with van der Waals surface area (Å²) in [5.41, 5.74) is 3.13. The lowest BCUT2D eigenvalue weighted by Gasteiger charge is -2.12. The fourth-order valence-electron chi connectivity index (χ4n) is 3.31. The topological polar surface area (TPSA) is 58.2 Å². The number of carbonyl (C=O) groups excluding carboxylic acids is 2. The minimum Gasteiger partial charge on any atom is -0.321 e. The van der Waals surface area contributed by atoms with E-state index in [0.717, 1.165) is 10.6 Å². The van der Waals surface area contributed by atoms with E-state index in [9.17, 15) is 9.59 Å². The van der Waals surface area contributed by atoms with E-state index in [1.807, 2.05) is 54.6 Å². The van der Waals surface area contributed by atoms with Crippen molar-refractivity contribution in [2.75, 3.05) is 5.32 Å². The van der Waals surface area contributed by atoms with E-state index in [2.05, 4.69) is 22.8 Å². The Labute approximate surface area is 214 Å². The molecule has 174 valence electrons. The van der Waals surface area contributed by atoms with Crippen molar-refractivity contribution in [3.05, 3.63) is 137 Å². The van der Waals surface area contributed by atoms with Gasteiger partial charge >= 0.3 is 0 Å². The van der Waals surface area contributed by atoms with E-state index in [1.165, 1.54) is 5.56 Å². The Kier molecular flexibility index (Phi) is 8.39. The van der Waals surface area contributed by atoms with E-state index < -0.39 is 5.91 Å². The molecule has 4 aromatic rings. The maximum absolute atomic E-state index is 13.2. The molecule has 2 amide bonds. The molecule has 0 aliphatic heterocycles. The summed E-state index contributed by atoms with van der Waals surface area (Å²) in [6.07, 6.45) is 1.61. The molecule has 0 saturated heterocycles. The van der Waals surface area contributed by atoms with Crippen LogP contribution in [0, 0.1) is 0 Å². The lowest BCUT2D eigenvalue weighted by molar-refractivity contribution is -0.113. The Morgan fingerprint density at radius 3 is 2.26 bits per heavy atom. The Morgan fingerprint density at radius 2 is 1.51 bits per heavy atom. The highest BCUT2D eigenvalue weighted by Gasteiger charge is 2.15. The second kappa shape index (κ2) is 12.1. The molecular weight excluding hydrogens is 476 g/mol. The molecule has 0 saturated carbocycles. The van der Waals surface area contributed by atoms with E-state index in [1.54, 1.807) is 60.3 Å². The second-order valence-electron chi connectivity index (χ2n) is 7.69. The van der Waals surface area contributed by atoms with Crippen molar-refractivity contribution in [1.29, 1.82) is 0 Å². The predicted octanol–water partition coefficient (Wildman–Crippen LogP) is 7.04. The lowest BCUT2D eigenvalue weighted by atomic mass is 10.1. The Hall–Kier alpha value is -3.80. The van der Waals surface area contributed by atoms with E-state index >= 15 is 0 Å². The first-order valence-corrected chi connectivity index (χ1v) is 12.3. The highest BCUT2D eigenvalue weighted by atomic mass is 35.5. The van der Waals surface area contributed by atoms with Gasteiger partial charge in [0.05, 0.1) is 0 Å². The maximum Gasteiger partial charge on any atom is 0.272 e. The van der Waals surface area contributed by atoms with E-state index in [4.69, 9.17) is 11.6 Å². The van der Waals surface area contributed by atoms with Crippen LogP contribution < -0.4 is 10.6 Å². The van der Waals surface area contributed by atoms with Crippen LogP contribution in [0.15, 0.2) is 120 Å². The third kappa shape index (κ3) is 7.34. The number of rotatable bonds is 8. The molecule has 0 atom stereocenters. The SMILES string of the molecule is O=C(Nc1cccc(SCc2ccccc2)c1)/C(=C/c1cccc(Cl)c1)NC(=O)c1ccccc1. The first-order valence-electron chi connectivity index (χ1n) is 11.0. The fourth-order valence-corrected chi connectivity index (χ4v) is 4.42. The fraction of sp³-hybridized carbons (Fsp3) is 0.0345. The van der Waals surface area contributed by atoms with Gasteiger partial charge in [-0.3, -0.25) is 9.59 Å². The summed E-state index contributed by atoms with van der Waals surface area (Å²) >= 11 is 7.80. The maximum atomic E-state index is 13.2.